The third-order valence-corrected chi connectivity index (χ3v) is 2.63. The van der Waals surface area contributed by atoms with Crippen molar-refractivity contribution in [3.8, 4) is 17.5 Å². The van der Waals surface area contributed by atoms with Gasteiger partial charge < -0.3 is 9.47 Å². The van der Waals surface area contributed by atoms with Gasteiger partial charge in [-0.3, -0.25) is 0 Å². The van der Waals surface area contributed by atoms with E-state index < -0.39 is 0 Å². The number of benzene rings is 1. The molecule has 0 atom stereocenters. The summed E-state index contributed by atoms with van der Waals surface area (Å²) >= 11 is 3.09. The van der Waals surface area contributed by atoms with E-state index >= 15 is 0 Å². The summed E-state index contributed by atoms with van der Waals surface area (Å²) in [5, 5.41) is 0. The van der Waals surface area contributed by atoms with E-state index in [-0.39, 0.29) is 5.82 Å². The second-order valence-corrected chi connectivity index (χ2v) is 4.05. The summed E-state index contributed by atoms with van der Waals surface area (Å²) < 4.78 is 23.8. The molecule has 0 fully saturated rings. The van der Waals surface area contributed by atoms with Gasteiger partial charge in [0.25, 0.3) is 0 Å². The maximum absolute atomic E-state index is 13.0. The molecule has 2 aromatic rings. The predicted molar refractivity (Wildman–Crippen MR) is 65.0 cm³/mol. The predicted octanol–water partition coefficient (Wildman–Crippen LogP) is 3.78. The normalized spacial score (nSPS) is 10.1. The number of aromatic nitrogens is 1. The Morgan fingerprint density at radius 1 is 1.18 bits per heavy atom. The Morgan fingerprint density at radius 3 is 2.65 bits per heavy atom. The lowest BCUT2D eigenvalue weighted by Gasteiger charge is -2.06. The van der Waals surface area contributed by atoms with Crippen LogP contribution in [-0.2, 0) is 0 Å². The van der Waals surface area contributed by atoms with Crippen LogP contribution >= 0.6 is 15.9 Å². The van der Waals surface area contributed by atoms with Crippen molar-refractivity contribution < 1.29 is 13.9 Å². The average molecular weight is 298 g/mol. The van der Waals surface area contributed by atoms with Crippen LogP contribution in [0.15, 0.2) is 40.9 Å². The summed E-state index contributed by atoms with van der Waals surface area (Å²) in [4.78, 5) is 4.09. The van der Waals surface area contributed by atoms with Crippen LogP contribution in [-0.4, -0.2) is 12.1 Å². The summed E-state index contributed by atoms with van der Waals surface area (Å²) in [5.74, 6) is 1.02. The third kappa shape index (κ3) is 2.94. The largest absolute Gasteiger partial charge is 0.481 e. The maximum Gasteiger partial charge on any atom is 0.222 e. The molecule has 88 valence electrons. The standard InChI is InChI=1S/C12H9BrFNO2/c1-16-11-3-2-4-12(15-11)17-8-5-6-10(14)9(13)7-8/h2-7H,1H3. The van der Waals surface area contributed by atoms with Crippen molar-refractivity contribution in [3.63, 3.8) is 0 Å². The average Bonchev–Trinajstić information content (AvgIpc) is 2.34. The van der Waals surface area contributed by atoms with Crippen LogP contribution in [0.5, 0.6) is 17.5 Å². The van der Waals surface area contributed by atoms with Crippen molar-refractivity contribution >= 4 is 15.9 Å². The van der Waals surface area contributed by atoms with E-state index in [1.807, 2.05) is 0 Å². The number of hydrogen-bond acceptors (Lipinski definition) is 3. The van der Waals surface area contributed by atoms with E-state index in [2.05, 4.69) is 20.9 Å². The molecule has 0 unspecified atom stereocenters. The first kappa shape index (κ1) is 11.9. The van der Waals surface area contributed by atoms with Crippen LogP contribution in [0, 0.1) is 5.82 Å². The van der Waals surface area contributed by atoms with Gasteiger partial charge in [-0.1, -0.05) is 6.07 Å². The lowest BCUT2D eigenvalue weighted by atomic mass is 10.3. The first-order valence-corrected chi connectivity index (χ1v) is 5.62. The van der Waals surface area contributed by atoms with Crippen LogP contribution in [0.2, 0.25) is 0 Å². The highest BCUT2D eigenvalue weighted by Gasteiger charge is 2.04. The Morgan fingerprint density at radius 2 is 1.94 bits per heavy atom. The van der Waals surface area contributed by atoms with Gasteiger partial charge in [0.1, 0.15) is 11.6 Å². The first-order valence-electron chi connectivity index (χ1n) is 4.83. The second-order valence-electron chi connectivity index (χ2n) is 3.20. The Kier molecular flexibility index (Phi) is 3.58. The van der Waals surface area contributed by atoms with E-state index in [1.165, 1.54) is 25.3 Å². The van der Waals surface area contributed by atoms with Crippen molar-refractivity contribution in [2.45, 2.75) is 0 Å². The van der Waals surface area contributed by atoms with Crippen LogP contribution in [0.1, 0.15) is 0 Å². The fourth-order valence-electron chi connectivity index (χ4n) is 1.23. The molecule has 0 aliphatic rings. The summed E-state index contributed by atoms with van der Waals surface area (Å²) in [6.45, 7) is 0. The molecule has 0 saturated carbocycles. The quantitative estimate of drug-likeness (QED) is 0.864. The maximum atomic E-state index is 13.0. The number of nitrogens with zero attached hydrogens (tertiary/aromatic N) is 1. The fourth-order valence-corrected chi connectivity index (χ4v) is 1.59. The number of rotatable bonds is 3. The highest BCUT2D eigenvalue weighted by molar-refractivity contribution is 9.10. The van der Waals surface area contributed by atoms with Crippen molar-refractivity contribution in [1.29, 1.82) is 0 Å². The smallest absolute Gasteiger partial charge is 0.222 e. The summed E-state index contributed by atoms with van der Waals surface area (Å²) in [7, 11) is 1.53. The molecule has 0 spiro atoms. The van der Waals surface area contributed by atoms with E-state index in [4.69, 9.17) is 9.47 Å². The molecule has 17 heavy (non-hydrogen) atoms. The molecular weight excluding hydrogens is 289 g/mol. The van der Waals surface area contributed by atoms with Gasteiger partial charge in [-0.2, -0.15) is 4.98 Å². The molecule has 2 rings (SSSR count). The molecule has 1 heterocycles. The zero-order valence-electron chi connectivity index (χ0n) is 8.98. The van der Waals surface area contributed by atoms with Crippen LogP contribution in [0.4, 0.5) is 4.39 Å². The minimum absolute atomic E-state index is 0.337. The number of methoxy groups -OCH3 is 1. The fraction of sp³-hybridized carbons (Fsp3) is 0.0833. The van der Waals surface area contributed by atoms with Gasteiger partial charge in [0.15, 0.2) is 0 Å². The van der Waals surface area contributed by atoms with Crippen LogP contribution < -0.4 is 9.47 Å². The first-order chi connectivity index (χ1) is 8.19. The Labute approximate surface area is 106 Å². The van der Waals surface area contributed by atoms with Gasteiger partial charge in [0, 0.05) is 12.1 Å². The molecule has 0 aliphatic heterocycles. The molecular formula is C12H9BrFNO2. The summed E-state index contributed by atoms with van der Waals surface area (Å²) in [5.41, 5.74) is 0. The van der Waals surface area contributed by atoms with Crippen molar-refractivity contribution in [2.24, 2.45) is 0 Å². The molecule has 0 radical (unpaired) electrons. The molecule has 5 heteroatoms. The van der Waals surface area contributed by atoms with Gasteiger partial charge >= 0.3 is 0 Å². The van der Waals surface area contributed by atoms with Crippen molar-refractivity contribution in [1.82, 2.24) is 4.98 Å². The molecule has 0 bridgehead atoms. The number of pyridine rings is 1. The molecule has 0 saturated heterocycles. The van der Waals surface area contributed by atoms with E-state index in [1.54, 1.807) is 18.2 Å². The Balaban J connectivity index is 2.22. The molecule has 0 N–H and O–H groups in total. The van der Waals surface area contributed by atoms with Crippen molar-refractivity contribution in [3.05, 3.63) is 46.7 Å². The molecule has 3 nitrogen and oxygen atoms in total. The van der Waals surface area contributed by atoms with Gasteiger partial charge in [0.05, 0.1) is 11.6 Å². The molecule has 0 amide bonds. The second kappa shape index (κ2) is 5.14. The highest BCUT2D eigenvalue weighted by Crippen LogP contribution is 2.26. The topological polar surface area (TPSA) is 31.4 Å². The monoisotopic (exact) mass is 297 g/mol. The van der Waals surface area contributed by atoms with E-state index in [0.29, 0.717) is 22.0 Å². The summed E-state index contributed by atoms with van der Waals surface area (Å²) in [6, 6.07) is 9.56. The van der Waals surface area contributed by atoms with Gasteiger partial charge in [-0.25, -0.2) is 4.39 Å². The zero-order valence-corrected chi connectivity index (χ0v) is 10.6. The molecule has 1 aromatic carbocycles. The van der Waals surface area contributed by atoms with Gasteiger partial charge in [-0.05, 0) is 34.1 Å². The minimum Gasteiger partial charge on any atom is -0.481 e. The van der Waals surface area contributed by atoms with Crippen LogP contribution in [0.25, 0.3) is 0 Å². The number of hydrogen-bond donors (Lipinski definition) is 0. The van der Waals surface area contributed by atoms with Crippen LogP contribution in [0.3, 0.4) is 0 Å². The molecule has 1 aromatic heterocycles. The minimum atomic E-state index is -0.337. The SMILES string of the molecule is COc1cccc(Oc2ccc(F)c(Br)c2)n1. The lowest BCUT2D eigenvalue weighted by molar-refractivity contribution is 0.383. The summed E-state index contributed by atoms with van der Waals surface area (Å²) in [6.07, 6.45) is 0. The lowest BCUT2D eigenvalue weighted by Crippen LogP contribution is -1.91. The van der Waals surface area contributed by atoms with Gasteiger partial charge in [0.2, 0.25) is 11.8 Å². The third-order valence-electron chi connectivity index (χ3n) is 2.02. The number of ether oxygens (including phenoxy) is 2. The molecule has 0 aliphatic carbocycles. The van der Waals surface area contributed by atoms with Gasteiger partial charge in [-0.15, -0.1) is 0 Å². The Bertz CT molecular complexity index is 534. The Hall–Kier alpha value is -1.62. The highest BCUT2D eigenvalue weighted by atomic mass is 79.9. The number of halogens is 2. The van der Waals surface area contributed by atoms with E-state index in [9.17, 15) is 4.39 Å². The van der Waals surface area contributed by atoms with Crippen molar-refractivity contribution in [2.75, 3.05) is 7.11 Å². The zero-order chi connectivity index (χ0) is 12.3. The van der Waals surface area contributed by atoms with E-state index in [0.717, 1.165) is 0 Å².